The smallest absolute Gasteiger partial charge is 0.287 e. The molecule has 2 aliphatic heterocycles. The quantitative estimate of drug-likeness (QED) is 0.894. The molecular weight excluding hydrogens is 344 g/mol. The van der Waals surface area contributed by atoms with Gasteiger partial charge >= 0.3 is 0 Å². The Morgan fingerprint density at radius 2 is 2.19 bits per heavy atom. The normalized spacial score (nSPS) is 22.9. The Morgan fingerprint density at radius 1 is 1.30 bits per heavy atom. The highest BCUT2D eigenvalue weighted by atomic mass is 16.5. The van der Waals surface area contributed by atoms with Gasteiger partial charge in [-0.25, -0.2) is 4.98 Å². The van der Waals surface area contributed by atoms with Gasteiger partial charge in [0.25, 0.3) is 11.8 Å². The van der Waals surface area contributed by atoms with Crippen molar-refractivity contribution in [2.75, 3.05) is 26.2 Å². The minimum atomic E-state index is -0.280. The van der Waals surface area contributed by atoms with E-state index in [-0.39, 0.29) is 23.7 Å². The Labute approximate surface area is 158 Å². The van der Waals surface area contributed by atoms with E-state index in [1.54, 1.807) is 10.6 Å². The van der Waals surface area contributed by atoms with Crippen LogP contribution >= 0.6 is 0 Å². The van der Waals surface area contributed by atoms with E-state index in [4.69, 9.17) is 4.74 Å². The largest absolute Gasteiger partial charge is 0.376 e. The van der Waals surface area contributed by atoms with E-state index in [0.717, 1.165) is 45.4 Å². The molecule has 2 amide bonds. The molecule has 1 N–H and O–H groups in total. The maximum absolute atomic E-state index is 13.1. The fourth-order valence-electron chi connectivity index (χ4n) is 3.97. The Bertz CT molecular complexity index is 841. The Hall–Kier alpha value is -2.41. The molecule has 2 aromatic heterocycles. The zero-order valence-corrected chi connectivity index (χ0v) is 15.7. The van der Waals surface area contributed by atoms with Crippen LogP contribution < -0.4 is 5.32 Å². The van der Waals surface area contributed by atoms with E-state index in [0.29, 0.717) is 23.7 Å². The molecule has 27 heavy (non-hydrogen) atoms. The molecule has 144 valence electrons. The van der Waals surface area contributed by atoms with Gasteiger partial charge in [-0.1, -0.05) is 13.0 Å². The summed E-state index contributed by atoms with van der Waals surface area (Å²) >= 11 is 0. The molecule has 0 aliphatic carbocycles. The third-order valence-electron chi connectivity index (χ3n) is 5.41. The first-order valence-corrected chi connectivity index (χ1v) is 9.79. The third kappa shape index (κ3) is 3.69. The average Bonchev–Trinajstić information content (AvgIpc) is 3.33. The van der Waals surface area contributed by atoms with Gasteiger partial charge in [-0.3, -0.25) is 14.0 Å². The van der Waals surface area contributed by atoms with Gasteiger partial charge in [-0.15, -0.1) is 0 Å². The van der Waals surface area contributed by atoms with E-state index in [9.17, 15) is 9.59 Å². The van der Waals surface area contributed by atoms with Crippen LogP contribution in [0.5, 0.6) is 0 Å². The summed E-state index contributed by atoms with van der Waals surface area (Å²) in [6.45, 7) is 4.86. The number of fused-ring (bicyclic) bond motifs is 1. The number of aromatic nitrogens is 2. The van der Waals surface area contributed by atoms with Crippen molar-refractivity contribution in [3.8, 4) is 0 Å². The van der Waals surface area contributed by atoms with Crippen molar-refractivity contribution >= 4 is 17.3 Å². The summed E-state index contributed by atoms with van der Waals surface area (Å²) in [5.74, 6) is 0.365. The molecule has 0 saturated carbocycles. The van der Waals surface area contributed by atoms with Gasteiger partial charge in [0.2, 0.25) is 5.82 Å². The SMILES string of the molecule is CC1CCCN(C(=O)c2nc(C(=O)NCC3CCCO3)n3ccccc23)C1. The van der Waals surface area contributed by atoms with Crippen LogP contribution in [-0.4, -0.2) is 58.4 Å². The number of nitrogens with one attached hydrogen (secondary N) is 1. The molecule has 2 aliphatic rings. The van der Waals surface area contributed by atoms with Crippen LogP contribution in [0.1, 0.15) is 53.7 Å². The molecule has 0 spiro atoms. The Morgan fingerprint density at radius 3 is 2.96 bits per heavy atom. The zero-order valence-electron chi connectivity index (χ0n) is 15.7. The summed E-state index contributed by atoms with van der Waals surface area (Å²) in [5, 5.41) is 2.90. The number of ether oxygens (including phenoxy) is 1. The first-order chi connectivity index (χ1) is 13.1. The monoisotopic (exact) mass is 370 g/mol. The summed E-state index contributed by atoms with van der Waals surface area (Å²) in [7, 11) is 0. The molecular formula is C20H26N4O3. The number of carbonyl (C=O) groups is 2. The van der Waals surface area contributed by atoms with Gasteiger partial charge in [0.05, 0.1) is 11.6 Å². The van der Waals surface area contributed by atoms with E-state index >= 15 is 0 Å². The topological polar surface area (TPSA) is 75.9 Å². The fourth-order valence-corrected chi connectivity index (χ4v) is 3.97. The second-order valence-corrected chi connectivity index (χ2v) is 7.58. The molecule has 2 fully saturated rings. The van der Waals surface area contributed by atoms with Crippen molar-refractivity contribution in [1.82, 2.24) is 19.6 Å². The van der Waals surface area contributed by atoms with E-state index in [2.05, 4.69) is 17.2 Å². The number of rotatable bonds is 4. The molecule has 4 heterocycles. The minimum Gasteiger partial charge on any atom is -0.376 e. The lowest BCUT2D eigenvalue weighted by molar-refractivity contribution is 0.0679. The van der Waals surface area contributed by atoms with Crippen molar-refractivity contribution < 1.29 is 14.3 Å². The fraction of sp³-hybridized carbons (Fsp3) is 0.550. The predicted octanol–water partition coefficient (Wildman–Crippen LogP) is 2.12. The van der Waals surface area contributed by atoms with Crippen LogP contribution in [0.15, 0.2) is 24.4 Å². The number of imidazole rings is 1. The van der Waals surface area contributed by atoms with E-state index < -0.39 is 0 Å². The summed E-state index contributed by atoms with van der Waals surface area (Å²) in [5.41, 5.74) is 1.02. The minimum absolute atomic E-state index is 0.0658. The maximum atomic E-state index is 13.1. The van der Waals surface area contributed by atoms with Crippen molar-refractivity contribution in [1.29, 1.82) is 0 Å². The van der Waals surface area contributed by atoms with Crippen LogP contribution in [0.25, 0.3) is 5.52 Å². The van der Waals surface area contributed by atoms with Gasteiger partial charge in [0, 0.05) is 32.4 Å². The van der Waals surface area contributed by atoms with Crippen molar-refractivity contribution in [2.45, 2.75) is 38.7 Å². The van der Waals surface area contributed by atoms with E-state index in [1.807, 2.05) is 23.1 Å². The molecule has 7 nitrogen and oxygen atoms in total. The van der Waals surface area contributed by atoms with E-state index in [1.165, 1.54) is 0 Å². The summed E-state index contributed by atoms with van der Waals surface area (Å²) < 4.78 is 7.26. The highest BCUT2D eigenvalue weighted by Crippen LogP contribution is 2.21. The van der Waals surface area contributed by atoms with Crippen LogP contribution in [0.4, 0.5) is 0 Å². The van der Waals surface area contributed by atoms with Gasteiger partial charge < -0.3 is 15.0 Å². The average molecular weight is 370 g/mol. The lowest BCUT2D eigenvalue weighted by atomic mass is 10.00. The molecule has 7 heteroatoms. The zero-order chi connectivity index (χ0) is 18.8. The van der Waals surface area contributed by atoms with Crippen LogP contribution in [0.2, 0.25) is 0 Å². The molecule has 0 aromatic carbocycles. The van der Waals surface area contributed by atoms with Gasteiger partial charge in [0.1, 0.15) is 0 Å². The molecule has 0 bridgehead atoms. The van der Waals surface area contributed by atoms with Gasteiger partial charge in [0.15, 0.2) is 5.69 Å². The van der Waals surface area contributed by atoms with Crippen LogP contribution in [0.3, 0.4) is 0 Å². The predicted molar refractivity (Wildman–Crippen MR) is 101 cm³/mol. The number of piperidine rings is 1. The van der Waals surface area contributed by atoms with Crippen molar-refractivity contribution in [3.63, 3.8) is 0 Å². The first kappa shape index (κ1) is 18.0. The van der Waals surface area contributed by atoms with Crippen molar-refractivity contribution in [3.05, 3.63) is 35.9 Å². The number of hydrogen-bond acceptors (Lipinski definition) is 4. The first-order valence-electron chi connectivity index (χ1n) is 9.79. The van der Waals surface area contributed by atoms with Gasteiger partial charge in [-0.05, 0) is 43.7 Å². The summed E-state index contributed by atoms with van der Waals surface area (Å²) in [6.07, 6.45) is 5.98. The number of nitrogens with zero attached hydrogens (tertiary/aromatic N) is 3. The molecule has 2 aromatic rings. The molecule has 4 rings (SSSR count). The van der Waals surface area contributed by atoms with Gasteiger partial charge in [-0.2, -0.15) is 0 Å². The number of carbonyl (C=O) groups excluding carboxylic acids is 2. The lowest BCUT2D eigenvalue weighted by Crippen LogP contribution is -2.39. The number of hydrogen-bond donors (Lipinski definition) is 1. The second kappa shape index (κ2) is 7.68. The molecule has 2 unspecified atom stereocenters. The molecule has 2 atom stereocenters. The summed E-state index contributed by atoms with van der Waals surface area (Å²) in [4.78, 5) is 32.1. The number of pyridine rings is 1. The number of likely N-dealkylation sites (tertiary alicyclic amines) is 1. The summed E-state index contributed by atoms with van der Waals surface area (Å²) in [6, 6.07) is 5.54. The number of amides is 2. The second-order valence-electron chi connectivity index (χ2n) is 7.58. The highest BCUT2D eigenvalue weighted by molar-refractivity contribution is 6.02. The lowest BCUT2D eigenvalue weighted by Gasteiger charge is -2.30. The highest BCUT2D eigenvalue weighted by Gasteiger charge is 2.28. The van der Waals surface area contributed by atoms with Crippen LogP contribution in [-0.2, 0) is 4.74 Å². The van der Waals surface area contributed by atoms with Crippen molar-refractivity contribution in [2.24, 2.45) is 5.92 Å². The Kier molecular flexibility index (Phi) is 5.11. The maximum Gasteiger partial charge on any atom is 0.287 e. The Balaban J connectivity index is 1.58. The standard InChI is InChI=1S/C20H26N4O3/c1-14-6-4-9-23(13-14)20(26)17-16-8-2-3-10-24(16)18(22-17)19(25)21-12-15-7-5-11-27-15/h2-3,8,10,14-15H,4-7,9,11-13H2,1H3,(H,21,25). The molecule has 2 saturated heterocycles. The third-order valence-corrected chi connectivity index (χ3v) is 5.41. The van der Waals surface area contributed by atoms with Crippen LogP contribution in [0, 0.1) is 5.92 Å². The molecule has 0 radical (unpaired) electrons.